The minimum atomic E-state index is -3.67. The van der Waals surface area contributed by atoms with Crippen molar-refractivity contribution in [1.29, 1.82) is 0 Å². The minimum Gasteiger partial charge on any atom is -0.324 e. The van der Waals surface area contributed by atoms with Gasteiger partial charge in [0, 0.05) is 9.98 Å². The topological polar surface area (TPSA) is 82.1 Å². The third-order valence-corrected chi connectivity index (χ3v) is 5.18. The van der Waals surface area contributed by atoms with Gasteiger partial charge in [-0.3, -0.25) is 4.57 Å². The summed E-state index contributed by atoms with van der Waals surface area (Å²) in [5.74, 6) is 0. The molecule has 1 aromatic rings. The van der Waals surface area contributed by atoms with E-state index in [-0.39, 0.29) is 26.0 Å². The highest BCUT2D eigenvalue weighted by Crippen LogP contribution is 2.45. The third kappa shape index (κ3) is 5.59. The van der Waals surface area contributed by atoms with Gasteiger partial charge in [0.05, 0.1) is 12.8 Å². The number of hydrogen-bond acceptors (Lipinski definition) is 5. The highest BCUT2D eigenvalue weighted by molar-refractivity contribution is 7.52. The summed E-state index contributed by atoms with van der Waals surface area (Å²) in [6.45, 7) is 2.19. The average Bonchev–Trinajstić information content (AvgIpc) is 2.48. The SMILES string of the molecule is CC1(COP(=O)(O)CCc2ccccc2)CO[P+](=O)OC1. The molecule has 1 heterocycles. The average molecular weight is 333 g/mol. The van der Waals surface area contributed by atoms with Crippen LogP contribution in [0.3, 0.4) is 0 Å². The van der Waals surface area contributed by atoms with Gasteiger partial charge in [0.2, 0.25) is 0 Å². The van der Waals surface area contributed by atoms with E-state index in [0.717, 1.165) is 5.56 Å². The molecule has 0 radical (unpaired) electrons. The molecule has 0 spiro atoms. The molecule has 2 rings (SSSR count). The van der Waals surface area contributed by atoms with Gasteiger partial charge < -0.3 is 9.42 Å². The maximum Gasteiger partial charge on any atom is 0.697 e. The summed E-state index contributed by atoms with van der Waals surface area (Å²) in [7, 11) is -5.73. The Bertz CT molecular complexity index is 523. The van der Waals surface area contributed by atoms with Crippen LogP contribution in [-0.4, -0.2) is 30.9 Å². The first kappa shape index (κ1) is 16.8. The van der Waals surface area contributed by atoms with E-state index in [9.17, 15) is 14.0 Å². The monoisotopic (exact) mass is 333 g/mol. The smallest absolute Gasteiger partial charge is 0.324 e. The molecule has 0 amide bonds. The van der Waals surface area contributed by atoms with Crippen LogP contribution in [0.5, 0.6) is 0 Å². The molecule has 21 heavy (non-hydrogen) atoms. The summed E-state index contributed by atoms with van der Waals surface area (Å²) in [6, 6.07) is 9.48. The van der Waals surface area contributed by atoms with Crippen molar-refractivity contribution in [3.8, 4) is 0 Å². The van der Waals surface area contributed by atoms with Crippen LogP contribution in [0, 0.1) is 5.41 Å². The van der Waals surface area contributed by atoms with Crippen molar-refractivity contribution in [2.24, 2.45) is 5.41 Å². The van der Waals surface area contributed by atoms with E-state index in [1.807, 2.05) is 30.3 Å². The van der Waals surface area contributed by atoms with Crippen molar-refractivity contribution in [2.75, 3.05) is 26.0 Å². The fourth-order valence-corrected chi connectivity index (χ4v) is 3.91. The Morgan fingerprint density at radius 1 is 1.33 bits per heavy atom. The quantitative estimate of drug-likeness (QED) is 0.806. The van der Waals surface area contributed by atoms with Crippen molar-refractivity contribution >= 4 is 15.9 Å². The zero-order chi connectivity index (χ0) is 15.3. The third-order valence-electron chi connectivity index (χ3n) is 3.18. The molecule has 116 valence electrons. The van der Waals surface area contributed by atoms with E-state index in [4.69, 9.17) is 13.6 Å². The van der Waals surface area contributed by atoms with Gasteiger partial charge in [0.15, 0.2) is 0 Å². The van der Waals surface area contributed by atoms with Crippen molar-refractivity contribution < 1.29 is 27.6 Å². The van der Waals surface area contributed by atoms with Crippen LogP contribution in [0.4, 0.5) is 0 Å². The lowest BCUT2D eigenvalue weighted by molar-refractivity contribution is 0.00514. The summed E-state index contributed by atoms with van der Waals surface area (Å²) in [6.07, 6.45) is 0.535. The molecule has 0 aromatic heterocycles. The molecular weight excluding hydrogens is 314 g/mol. The molecule has 0 saturated carbocycles. The standard InChI is InChI=1S/C13H18O6P2/c1-13(9-17-20(14)18-10-13)11-19-21(15,16)8-7-12-5-3-2-4-6-12/h2-6H,7-11H2,1H3/p+1. The molecule has 1 N–H and O–H groups in total. The Labute approximate surface area is 124 Å². The van der Waals surface area contributed by atoms with Crippen LogP contribution < -0.4 is 0 Å². The van der Waals surface area contributed by atoms with Crippen LogP contribution in [0.1, 0.15) is 12.5 Å². The molecule has 1 aliphatic rings. The zero-order valence-corrected chi connectivity index (χ0v) is 13.6. The van der Waals surface area contributed by atoms with Crippen LogP contribution >= 0.6 is 15.9 Å². The lowest BCUT2D eigenvalue weighted by Gasteiger charge is -2.27. The van der Waals surface area contributed by atoms with E-state index >= 15 is 0 Å². The lowest BCUT2D eigenvalue weighted by atomic mass is 9.95. The lowest BCUT2D eigenvalue weighted by Crippen LogP contribution is -2.35. The minimum absolute atomic E-state index is 0.0265. The van der Waals surface area contributed by atoms with E-state index in [1.165, 1.54) is 0 Å². The molecule has 1 unspecified atom stereocenters. The summed E-state index contributed by atoms with van der Waals surface area (Å²) in [4.78, 5) is 9.87. The molecular formula is C13H19O6P2+. The molecule has 6 nitrogen and oxygen atoms in total. The molecule has 0 bridgehead atoms. The van der Waals surface area contributed by atoms with Gasteiger partial charge in [-0.25, -0.2) is 0 Å². The second kappa shape index (κ2) is 7.10. The summed E-state index contributed by atoms with van der Waals surface area (Å²) < 4.78 is 38.0. The van der Waals surface area contributed by atoms with Gasteiger partial charge in [-0.15, -0.1) is 9.05 Å². The van der Waals surface area contributed by atoms with Crippen molar-refractivity contribution in [3.63, 3.8) is 0 Å². The first-order chi connectivity index (χ1) is 9.89. The maximum absolute atomic E-state index is 12.0. The number of benzene rings is 1. The molecule has 1 aromatic carbocycles. The second-order valence-electron chi connectivity index (χ2n) is 5.45. The number of rotatable bonds is 6. The maximum atomic E-state index is 12.0. The van der Waals surface area contributed by atoms with Gasteiger partial charge in [0.25, 0.3) is 0 Å². The fraction of sp³-hybridized carbons (Fsp3) is 0.538. The van der Waals surface area contributed by atoms with Crippen molar-refractivity contribution in [1.82, 2.24) is 0 Å². The molecule has 8 heteroatoms. The Balaban J connectivity index is 1.81. The number of hydrogen-bond donors (Lipinski definition) is 1. The van der Waals surface area contributed by atoms with E-state index < -0.39 is 21.3 Å². The summed E-state index contributed by atoms with van der Waals surface area (Å²) in [5.41, 5.74) is 0.428. The molecule has 1 saturated heterocycles. The highest BCUT2D eigenvalue weighted by Gasteiger charge is 2.41. The zero-order valence-electron chi connectivity index (χ0n) is 11.8. The largest absolute Gasteiger partial charge is 0.697 e. The molecule has 0 aliphatic carbocycles. The number of aryl methyl sites for hydroxylation is 1. The van der Waals surface area contributed by atoms with Crippen LogP contribution in [0.25, 0.3) is 0 Å². The predicted molar refractivity (Wildman–Crippen MR) is 78.4 cm³/mol. The van der Waals surface area contributed by atoms with Gasteiger partial charge in [-0.2, -0.15) is 0 Å². The van der Waals surface area contributed by atoms with E-state index in [1.54, 1.807) is 6.92 Å². The van der Waals surface area contributed by atoms with Gasteiger partial charge in [-0.05, 0) is 12.0 Å². The molecule has 1 fully saturated rings. The first-order valence-electron chi connectivity index (χ1n) is 6.62. The Morgan fingerprint density at radius 3 is 2.57 bits per heavy atom. The normalized spacial score (nSPS) is 27.2. The first-order valence-corrected chi connectivity index (χ1v) is 9.48. The second-order valence-corrected chi connectivity index (χ2v) is 8.40. The Hall–Kier alpha value is -0.610. The van der Waals surface area contributed by atoms with Gasteiger partial charge in [-0.1, -0.05) is 37.3 Å². The van der Waals surface area contributed by atoms with Crippen molar-refractivity contribution in [3.05, 3.63) is 35.9 Å². The van der Waals surface area contributed by atoms with Crippen LogP contribution in [0.2, 0.25) is 0 Å². The Kier molecular flexibility index (Phi) is 5.67. The summed E-state index contributed by atoms with van der Waals surface area (Å²) >= 11 is 0. The molecule has 1 atom stereocenters. The predicted octanol–water partition coefficient (Wildman–Crippen LogP) is 3.14. The van der Waals surface area contributed by atoms with Crippen LogP contribution in [-0.2, 0) is 29.1 Å². The molecule has 1 aliphatic heterocycles. The Morgan fingerprint density at radius 2 is 1.95 bits per heavy atom. The fourth-order valence-electron chi connectivity index (χ4n) is 1.82. The van der Waals surface area contributed by atoms with E-state index in [2.05, 4.69) is 0 Å². The van der Waals surface area contributed by atoms with Crippen LogP contribution in [0.15, 0.2) is 30.3 Å². The highest BCUT2D eigenvalue weighted by atomic mass is 31.2. The van der Waals surface area contributed by atoms with Gasteiger partial charge in [0.1, 0.15) is 13.2 Å². The van der Waals surface area contributed by atoms with Gasteiger partial charge >= 0.3 is 15.9 Å². The summed E-state index contributed by atoms with van der Waals surface area (Å²) in [5, 5.41) is 0. The van der Waals surface area contributed by atoms with Crippen molar-refractivity contribution in [2.45, 2.75) is 13.3 Å². The van der Waals surface area contributed by atoms with E-state index in [0.29, 0.717) is 6.42 Å².